The van der Waals surface area contributed by atoms with Crippen LogP contribution in [0.2, 0.25) is 0 Å². The number of hydrogen-bond donors (Lipinski definition) is 3. The lowest BCUT2D eigenvalue weighted by atomic mass is 10.1. The van der Waals surface area contributed by atoms with Gasteiger partial charge in [-0.25, -0.2) is 9.97 Å². The first-order chi connectivity index (χ1) is 17.5. The number of imidazole rings is 1. The zero-order valence-electron chi connectivity index (χ0n) is 21.0. The third-order valence-corrected chi connectivity index (χ3v) is 7.17. The maximum atomic E-state index is 12.2. The molecule has 4 aromatic rings. The van der Waals surface area contributed by atoms with E-state index >= 15 is 0 Å². The van der Waals surface area contributed by atoms with E-state index in [1.165, 1.54) is 24.4 Å². The number of hydrogen-bond acceptors (Lipinski definition) is 8. The molecule has 4 aromatic heterocycles. The number of aromatic nitrogens is 6. The van der Waals surface area contributed by atoms with Crippen molar-refractivity contribution in [3.63, 3.8) is 0 Å². The Morgan fingerprint density at radius 2 is 2.14 bits per heavy atom. The van der Waals surface area contributed by atoms with Gasteiger partial charge in [-0.1, -0.05) is 20.3 Å². The molecule has 11 heteroatoms. The molecule has 5 rings (SSSR count). The fraction of sp³-hybridized carbons (Fsp3) is 0.480. The monoisotopic (exact) mass is 507 g/mol. The lowest BCUT2D eigenvalue weighted by Crippen LogP contribution is -2.29. The van der Waals surface area contributed by atoms with Gasteiger partial charge in [-0.3, -0.25) is 13.9 Å². The van der Waals surface area contributed by atoms with Gasteiger partial charge in [-0.05, 0) is 55.7 Å². The molecule has 1 aliphatic rings. The highest BCUT2D eigenvalue weighted by molar-refractivity contribution is 7.10. The molecule has 3 N–H and O–H groups in total. The second-order valence-corrected chi connectivity index (χ2v) is 10.5. The van der Waals surface area contributed by atoms with Crippen LogP contribution in [0.4, 0.5) is 10.8 Å². The van der Waals surface area contributed by atoms with Crippen molar-refractivity contribution in [2.45, 2.75) is 53.1 Å². The van der Waals surface area contributed by atoms with Crippen molar-refractivity contribution in [3.8, 4) is 11.3 Å². The van der Waals surface area contributed by atoms with Crippen LogP contribution in [0.1, 0.15) is 44.5 Å². The van der Waals surface area contributed by atoms with Gasteiger partial charge < -0.3 is 16.0 Å². The quantitative estimate of drug-likeness (QED) is 0.267. The predicted molar refractivity (Wildman–Crippen MR) is 141 cm³/mol. The van der Waals surface area contributed by atoms with E-state index in [1.54, 1.807) is 10.9 Å². The van der Waals surface area contributed by atoms with Crippen LogP contribution in [0.15, 0.2) is 30.9 Å². The number of carbonyl (C=O) groups excluding carboxylic acids is 1. The molecule has 36 heavy (non-hydrogen) atoms. The van der Waals surface area contributed by atoms with Crippen LogP contribution in [-0.2, 0) is 17.9 Å². The summed E-state index contributed by atoms with van der Waals surface area (Å²) in [5.74, 6) is 1.97. The van der Waals surface area contributed by atoms with E-state index in [-0.39, 0.29) is 12.5 Å². The minimum absolute atomic E-state index is 0.0137. The molecule has 0 saturated heterocycles. The molecule has 0 radical (unpaired) electrons. The van der Waals surface area contributed by atoms with Crippen LogP contribution in [0.25, 0.3) is 16.9 Å². The van der Waals surface area contributed by atoms with Gasteiger partial charge in [0.05, 0.1) is 29.5 Å². The third kappa shape index (κ3) is 5.90. The molecule has 10 nitrogen and oxygen atoms in total. The van der Waals surface area contributed by atoms with Crippen LogP contribution in [-0.4, -0.2) is 47.5 Å². The first-order valence-corrected chi connectivity index (χ1v) is 13.3. The topological polar surface area (TPSA) is 114 Å². The van der Waals surface area contributed by atoms with Crippen molar-refractivity contribution in [3.05, 3.63) is 42.2 Å². The summed E-state index contributed by atoms with van der Waals surface area (Å²) in [5, 5.41) is 15.2. The maximum absolute atomic E-state index is 12.2. The van der Waals surface area contributed by atoms with Crippen molar-refractivity contribution in [1.29, 1.82) is 0 Å². The molecule has 0 aromatic carbocycles. The second-order valence-electron chi connectivity index (χ2n) is 9.69. The second kappa shape index (κ2) is 10.8. The number of nitrogens with zero attached hydrogens (tertiary/aromatic N) is 6. The first kappa shape index (κ1) is 24.4. The van der Waals surface area contributed by atoms with Crippen molar-refractivity contribution in [2.24, 2.45) is 11.8 Å². The fourth-order valence-electron chi connectivity index (χ4n) is 3.93. The van der Waals surface area contributed by atoms with E-state index < -0.39 is 0 Å². The standard InChI is InChI=1S/C25H33N9OS/c1-4-16(2)8-26-11-20-7-23(36-32-20)31-24-25-28-12-21(34(25)13-17(3)30-24)19-10-29-33(14-19)15-22(35)27-9-18-5-6-18/h7,10,12-14,16,18,26H,4-6,8-9,11,15H2,1-3H3,(H,27,35)(H,30,31). The number of nitrogens with one attached hydrogen (secondary N) is 3. The molecule has 1 saturated carbocycles. The largest absolute Gasteiger partial charge is 0.354 e. The van der Waals surface area contributed by atoms with E-state index in [0.29, 0.717) is 17.7 Å². The van der Waals surface area contributed by atoms with Gasteiger partial charge in [0, 0.05) is 31.0 Å². The molecule has 1 atom stereocenters. The first-order valence-electron chi connectivity index (χ1n) is 12.6. The number of aryl methyl sites for hydroxylation is 1. The Morgan fingerprint density at radius 3 is 2.94 bits per heavy atom. The fourth-order valence-corrected chi connectivity index (χ4v) is 4.60. The highest BCUT2D eigenvalue weighted by Crippen LogP contribution is 2.28. The Morgan fingerprint density at radius 1 is 1.28 bits per heavy atom. The summed E-state index contributed by atoms with van der Waals surface area (Å²) in [5.41, 5.74) is 4.36. The van der Waals surface area contributed by atoms with Gasteiger partial charge in [0.2, 0.25) is 5.91 Å². The summed E-state index contributed by atoms with van der Waals surface area (Å²) in [6.45, 7) is 9.10. The Bertz CT molecular complexity index is 1340. The zero-order chi connectivity index (χ0) is 25.1. The number of anilines is 2. The molecule has 1 amide bonds. The molecular formula is C25H33N9OS. The average molecular weight is 508 g/mol. The van der Waals surface area contributed by atoms with Crippen LogP contribution in [0.3, 0.4) is 0 Å². The molecule has 4 heterocycles. The van der Waals surface area contributed by atoms with Gasteiger partial charge in [0.25, 0.3) is 0 Å². The Balaban J connectivity index is 1.28. The van der Waals surface area contributed by atoms with E-state index in [2.05, 4.69) is 55.3 Å². The minimum Gasteiger partial charge on any atom is -0.354 e. The summed E-state index contributed by atoms with van der Waals surface area (Å²) < 4.78 is 8.23. The summed E-state index contributed by atoms with van der Waals surface area (Å²) in [6, 6.07) is 2.05. The Labute approximate surface area is 214 Å². The Hall–Kier alpha value is -3.31. The molecule has 0 aliphatic heterocycles. The smallest absolute Gasteiger partial charge is 0.241 e. The lowest BCUT2D eigenvalue weighted by molar-refractivity contribution is -0.121. The summed E-state index contributed by atoms with van der Waals surface area (Å²) in [4.78, 5) is 21.5. The molecule has 1 fully saturated rings. The average Bonchev–Trinajstić information content (AvgIpc) is 3.18. The van der Waals surface area contributed by atoms with Crippen molar-refractivity contribution in [1.82, 2.24) is 39.2 Å². The summed E-state index contributed by atoms with van der Waals surface area (Å²) >= 11 is 1.42. The molecule has 0 bridgehead atoms. The van der Waals surface area contributed by atoms with Crippen LogP contribution in [0.5, 0.6) is 0 Å². The number of fused-ring (bicyclic) bond motifs is 1. The maximum Gasteiger partial charge on any atom is 0.241 e. The van der Waals surface area contributed by atoms with Crippen molar-refractivity contribution in [2.75, 3.05) is 18.4 Å². The van der Waals surface area contributed by atoms with Gasteiger partial charge in [-0.2, -0.15) is 9.47 Å². The summed E-state index contributed by atoms with van der Waals surface area (Å²) in [7, 11) is 0. The van der Waals surface area contributed by atoms with E-state index in [9.17, 15) is 4.79 Å². The van der Waals surface area contributed by atoms with Gasteiger partial charge in [0.1, 0.15) is 11.5 Å². The van der Waals surface area contributed by atoms with Crippen LogP contribution in [0, 0.1) is 18.8 Å². The van der Waals surface area contributed by atoms with Crippen molar-refractivity contribution >= 4 is 33.9 Å². The number of carbonyl (C=O) groups is 1. The molecular weight excluding hydrogens is 474 g/mol. The molecule has 190 valence electrons. The van der Waals surface area contributed by atoms with Crippen molar-refractivity contribution < 1.29 is 4.79 Å². The molecule has 1 unspecified atom stereocenters. The highest BCUT2D eigenvalue weighted by Gasteiger charge is 2.21. The zero-order valence-corrected chi connectivity index (χ0v) is 21.8. The molecule has 1 aliphatic carbocycles. The highest BCUT2D eigenvalue weighted by atomic mass is 32.1. The normalized spacial score (nSPS) is 14.3. The van der Waals surface area contributed by atoms with Crippen LogP contribution < -0.4 is 16.0 Å². The Kier molecular flexibility index (Phi) is 7.28. The molecule has 0 spiro atoms. The number of rotatable bonds is 12. The number of amides is 1. The lowest BCUT2D eigenvalue weighted by Gasteiger charge is -2.08. The van der Waals surface area contributed by atoms with E-state index in [4.69, 9.17) is 0 Å². The van der Waals surface area contributed by atoms with Crippen LogP contribution >= 0.6 is 11.5 Å². The van der Waals surface area contributed by atoms with Gasteiger partial charge in [-0.15, -0.1) is 0 Å². The third-order valence-electron chi connectivity index (χ3n) is 6.43. The minimum atomic E-state index is -0.0137. The van der Waals surface area contributed by atoms with Gasteiger partial charge in [0.15, 0.2) is 11.5 Å². The summed E-state index contributed by atoms with van der Waals surface area (Å²) in [6.07, 6.45) is 11.0. The van der Waals surface area contributed by atoms with E-state index in [0.717, 1.165) is 59.3 Å². The van der Waals surface area contributed by atoms with E-state index in [1.807, 2.05) is 29.9 Å². The SMILES string of the molecule is CCC(C)CNCc1cc(Nc2nc(C)cn3c(-c4cnn(CC(=O)NCC5CC5)c4)cnc23)sn1. The van der Waals surface area contributed by atoms with Gasteiger partial charge >= 0.3 is 0 Å². The predicted octanol–water partition coefficient (Wildman–Crippen LogP) is 3.76.